The number of hydrogen-bond acceptors (Lipinski definition) is 5. The molecule has 3 rings (SSSR count). The molecule has 3 aromatic rings. The van der Waals surface area contributed by atoms with Crippen LogP contribution in [0.3, 0.4) is 0 Å². The highest BCUT2D eigenvalue weighted by molar-refractivity contribution is 6.06. The van der Waals surface area contributed by atoms with Gasteiger partial charge in [0.05, 0.1) is 29.4 Å². The van der Waals surface area contributed by atoms with E-state index in [1.165, 1.54) is 13.4 Å². The van der Waals surface area contributed by atoms with Gasteiger partial charge in [0.2, 0.25) is 0 Å². The summed E-state index contributed by atoms with van der Waals surface area (Å²) in [5, 5.41) is 1.86. The molecule has 0 atom stereocenters. The Labute approximate surface area is 109 Å². The Balaban J connectivity index is 2.37. The van der Waals surface area contributed by atoms with Crippen molar-refractivity contribution in [3.8, 4) is 0 Å². The van der Waals surface area contributed by atoms with Gasteiger partial charge in [-0.2, -0.15) is 0 Å². The van der Waals surface area contributed by atoms with Gasteiger partial charge in [-0.15, -0.1) is 0 Å². The van der Waals surface area contributed by atoms with Crippen molar-refractivity contribution in [3.63, 3.8) is 0 Å². The summed E-state index contributed by atoms with van der Waals surface area (Å²) in [4.78, 5) is 24.3. The van der Waals surface area contributed by atoms with Gasteiger partial charge in [0, 0.05) is 17.0 Å². The Morgan fingerprint density at radius 1 is 1.26 bits per heavy atom. The van der Waals surface area contributed by atoms with E-state index in [1.807, 2.05) is 13.0 Å². The fraction of sp³-hybridized carbons (Fsp3) is 0.143. The molecule has 5 nitrogen and oxygen atoms in total. The van der Waals surface area contributed by atoms with Gasteiger partial charge < -0.3 is 4.74 Å². The number of pyridine rings is 1. The smallest absolute Gasteiger partial charge is 0.337 e. The number of aryl methyl sites for hydroxylation is 1. The molecular weight excluding hydrogens is 242 g/mol. The largest absolute Gasteiger partial charge is 0.465 e. The Morgan fingerprint density at radius 2 is 2.11 bits per heavy atom. The molecule has 94 valence electrons. The predicted molar refractivity (Wildman–Crippen MR) is 70.9 cm³/mol. The lowest BCUT2D eigenvalue weighted by molar-refractivity contribution is 0.0601. The Bertz CT molecular complexity index is 799. The van der Waals surface area contributed by atoms with E-state index in [0.717, 1.165) is 27.5 Å². The minimum Gasteiger partial charge on any atom is -0.465 e. The summed E-state index contributed by atoms with van der Waals surface area (Å²) in [5.41, 5.74) is 2.86. The predicted octanol–water partition coefficient (Wildman–Crippen LogP) is 2.27. The van der Waals surface area contributed by atoms with E-state index in [4.69, 9.17) is 4.74 Å². The van der Waals surface area contributed by atoms with Gasteiger partial charge in [-0.25, -0.2) is 14.8 Å². The van der Waals surface area contributed by atoms with Crippen molar-refractivity contribution in [1.82, 2.24) is 15.0 Å². The summed E-state index contributed by atoms with van der Waals surface area (Å²) < 4.78 is 4.71. The highest BCUT2D eigenvalue weighted by atomic mass is 16.5. The van der Waals surface area contributed by atoms with Gasteiger partial charge in [0.15, 0.2) is 0 Å². The fourth-order valence-corrected chi connectivity index (χ4v) is 2.15. The molecule has 0 radical (unpaired) electrons. The highest BCUT2D eigenvalue weighted by Gasteiger charge is 2.10. The number of carbonyl (C=O) groups excluding carboxylic acids is 1. The van der Waals surface area contributed by atoms with Crippen LogP contribution >= 0.6 is 0 Å². The number of benzene rings is 1. The molecule has 19 heavy (non-hydrogen) atoms. The molecule has 2 aromatic heterocycles. The molecule has 0 amide bonds. The zero-order chi connectivity index (χ0) is 13.4. The van der Waals surface area contributed by atoms with Crippen LogP contribution in [0.25, 0.3) is 21.8 Å². The first-order valence-electron chi connectivity index (χ1n) is 5.79. The van der Waals surface area contributed by atoms with Gasteiger partial charge in [-0.05, 0) is 19.1 Å². The standard InChI is InChI=1S/C14H11N3O2/c1-8-13-11(6-15-7-16-13)10-4-3-9(14(18)19-2)5-12(10)17-8/h3-7H,1-2H3. The normalized spacial score (nSPS) is 10.8. The SMILES string of the molecule is COC(=O)c1ccc2c(c1)nc(C)c1ncncc12. The molecule has 2 heterocycles. The summed E-state index contributed by atoms with van der Waals surface area (Å²) in [6, 6.07) is 5.29. The second kappa shape index (κ2) is 4.28. The zero-order valence-corrected chi connectivity index (χ0v) is 10.5. The van der Waals surface area contributed by atoms with Crippen LogP contribution < -0.4 is 0 Å². The monoisotopic (exact) mass is 253 g/mol. The number of methoxy groups -OCH3 is 1. The number of nitrogens with zero attached hydrogens (tertiary/aromatic N) is 3. The van der Waals surface area contributed by atoms with Gasteiger partial charge in [0.25, 0.3) is 0 Å². The van der Waals surface area contributed by atoms with E-state index in [0.29, 0.717) is 5.56 Å². The number of fused-ring (bicyclic) bond motifs is 3. The lowest BCUT2D eigenvalue weighted by Crippen LogP contribution is -2.01. The molecule has 0 aliphatic carbocycles. The summed E-state index contributed by atoms with van der Waals surface area (Å²) in [7, 11) is 1.36. The summed E-state index contributed by atoms with van der Waals surface area (Å²) in [6.45, 7) is 1.89. The number of esters is 1. The van der Waals surface area contributed by atoms with Crippen molar-refractivity contribution in [2.75, 3.05) is 7.11 Å². The number of carbonyl (C=O) groups is 1. The first-order chi connectivity index (χ1) is 9.20. The maximum absolute atomic E-state index is 11.5. The molecule has 0 saturated heterocycles. The van der Waals surface area contributed by atoms with Crippen LogP contribution in [-0.2, 0) is 4.74 Å². The summed E-state index contributed by atoms with van der Waals surface area (Å²) >= 11 is 0. The molecule has 0 N–H and O–H groups in total. The van der Waals surface area contributed by atoms with Crippen LogP contribution in [0.4, 0.5) is 0 Å². The molecule has 0 saturated carbocycles. The number of aromatic nitrogens is 3. The third-order valence-corrected chi connectivity index (χ3v) is 3.05. The van der Waals surface area contributed by atoms with Crippen LogP contribution in [0.2, 0.25) is 0 Å². The van der Waals surface area contributed by atoms with Crippen molar-refractivity contribution in [1.29, 1.82) is 0 Å². The number of hydrogen-bond donors (Lipinski definition) is 0. The van der Waals surface area contributed by atoms with Crippen LogP contribution in [0.15, 0.2) is 30.7 Å². The molecule has 0 spiro atoms. The average Bonchev–Trinajstić information content (AvgIpc) is 2.46. The minimum atomic E-state index is -0.370. The quantitative estimate of drug-likeness (QED) is 0.491. The van der Waals surface area contributed by atoms with E-state index < -0.39 is 0 Å². The van der Waals surface area contributed by atoms with Gasteiger partial charge >= 0.3 is 5.97 Å². The minimum absolute atomic E-state index is 0.370. The van der Waals surface area contributed by atoms with Crippen molar-refractivity contribution >= 4 is 27.8 Å². The van der Waals surface area contributed by atoms with E-state index in [2.05, 4.69) is 15.0 Å². The molecule has 0 unspecified atom stereocenters. The van der Waals surface area contributed by atoms with E-state index in [1.54, 1.807) is 18.3 Å². The van der Waals surface area contributed by atoms with E-state index >= 15 is 0 Å². The van der Waals surface area contributed by atoms with Crippen molar-refractivity contribution in [2.24, 2.45) is 0 Å². The third kappa shape index (κ3) is 1.79. The van der Waals surface area contributed by atoms with Crippen LogP contribution in [0, 0.1) is 6.92 Å². The number of rotatable bonds is 1. The van der Waals surface area contributed by atoms with Gasteiger partial charge in [-0.1, -0.05) is 6.07 Å². The first-order valence-corrected chi connectivity index (χ1v) is 5.79. The zero-order valence-electron chi connectivity index (χ0n) is 10.5. The Hall–Kier alpha value is -2.56. The molecule has 0 bridgehead atoms. The van der Waals surface area contributed by atoms with Crippen LogP contribution in [0.1, 0.15) is 16.1 Å². The second-order valence-corrected chi connectivity index (χ2v) is 4.21. The molecule has 0 aliphatic rings. The van der Waals surface area contributed by atoms with Crippen molar-refractivity contribution in [3.05, 3.63) is 42.0 Å². The maximum Gasteiger partial charge on any atom is 0.337 e. The Morgan fingerprint density at radius 3 is 2.89 bits per heavy atom. The highest BCUT2D eigenvalue weighted by Crippen LogP contribution is 2.24. The molecule has 1 aromatic carbocycles. The van der Waals surface area contributed by atoms with Gasteiger partial charge in [0.1, 0.15) is 6.33 Å². The third-order valence-electron chi connectivity index (χ3n) is 3.05. The lowest BCUT2D eigenvalue weighted by atomic mass is 10.1. The Kier molecular flexibility index (Phi) is 2.59. The van der Waals surface area contributed by atoms with Crippen LogP contribution in [0.5, 0.6) is 0 Å². The van der Waals surface area contributed by atoms with Gasteiger partial charge in [-0.3, -0.25) is 4.98 Å². The lowest BCUT2D eigenvalue weighted by Gasteiger charge is -2.06. The van der Waals surface area contributed by atoms with Crippen molar-refractivity contribution < 1.29 is 9.53 Å². The molecule has 0 fully saturated rings. The van der Waals surface area contributed by atoms with E-state index in [9.17, 15) is 4.79 Å². The fourth-order valence-electron chi connectivity index (χ4n) is 2.15. The summed E-state index contributed by atoms with van der Waals surface area (Å²) in [5.74, 6) is -0.370. The second-order valence-electron chi connectivity index (χ2n) is 4.21. The van der Waals surface area contributed by atoms with Crippen LogP contribution in [-0.4, -0.2) is 28.0 Å². The first kappa shape index (κ1) is 11.5. The molecule has 5 heteroatoms. The number of ether oxygens (including phenoxy) is 1. The maximum atomic E-state index is 11.5. The van der Waals surface area contributed by atoms with Crippen molar-refractivity contribution in [2.45, 2.75) is 6.92 Å². The molecular formula is C14H11N3O2. The average molecular weight is 253 g/mol. The topological polar surface area (TPSA) is 65.0 Å². The summed E-state index contributed by atoms with van der Waals surface area (Å²) in [6.07, 6.45) is 3.27. The molecule has 0 aliphatic heterocycles. The van der Waals surface area contributed by atoms with E-state index in [-0.39, 0.29) is 5.97 Å².